The Morgan fingerprint density at radius 3 is 2.29 bits per heavy atom. The van der Waals surface area contributed by atoms with Crippen molar-refractivity contribution in [3.63, 3.8) is 0 Å². The topological polar surface area (TPSA) is 36.4 Å². The van der Waals surface area contributed by atoms with E-state index in [1.807, 2.05) is 7.85 Å². The lowest BCUT2D eigenvalue weighted by molar-refractivity contribution is 0.102. The standard InChI is InChI=1S/C30H39BN2O/c1-8-22-11-10-12-23(9-2)28(22)25-15-20(6)29-26(32-25)16-21(7)33(30(29,31)34)27-17-24(18(3)4)14-13-19(27)5/h10-15,17-18,21,34H,8-9,16,31H2,1-7H3. The normalized spacial score (nSPS) is 20.0. The SMILES string of the molecule is BC1(O)c2c(C)cc(-c3c(CC)cccc3CC)nc2CC(C)N1c1cc(C(C)C)ccc1C. The van der Waals surface area contributed by atoms with Crippen LogP contribution in [0.1, 0.15) is 79.6 Å². The molecule has 0 amide bonds. The van der Waals surface area contributed by atoms with E-state index in [0.717, 1.165) is 47.5 Å². The highest BCUT2D eigenvalue weighted by molar-refractivity contribution is 6.16. The molecule has 0 aliphatic carbocycles. The van der Waals surface area contributed by atoms with E-state index in [1.165, 1.54) is 27.8 Å². The largest absolute Gasteiger partial charge is 0.375 e. The van der Waals surface area contributed by atoms with Crippen molar-refractivity contribution < 1.29 is 5.11 Å². The smallest absolute Gasteiger partial charge is 0.176 e. The van der Waals surface area contributed by atoms with Gasteiger partial charge in [0.2, 0.25) is 0 Å². The minimum atomic E-state index is -1.14. The van der Waals surface area contributed by atoms with Crippen LogP contribution < -0.4 is 4.90 Å². The van der Waals surface area contributed by atoms with Crippen molar-refractivity contribution in [2.24, 2.45) is 0 Å². The first-order valence-corrected chi connectivity index (χ1v) is 12.8. The second-order valence-electron chi connectivity index (χ2n) is 10.4. The summed E-state index contributed by atoms with van der Waals surface area (Å²) in [6, 6.07) is 15.6. The summed E-state index contributed by atoms with van der Waals surface area (Å²) < 4.78 is 0. The summed E-state index contributed by atoms with van der Waals surface area (Å²) in [5, 5.41) is 12.1. The van der Waals surface area contributed by atoms with Gasteiger partial charge in [-0.25, -0.2) is 0 Å². The van der Waals surface area contributed by atoms with Crippen LogP contribution in [0, 0.1) is 13.8 Å². The molecule has 1 N–H and O–H groups in total. The first kappa shape index (κ1) is 24.5. The first-order valence-electron chi connectivity index (χ1n) is 12.8. The molecule has 1 aliphatic heterocycles. The molecule has 34 heavy (non-hydrogen) atoms. The van der Waals surface area contributed by atoms with Crippen LogP contribution >= 0.6 is 0 Å². The number of pyridine rings is 1. The van der Waals surface area contributed by atoms with Crippen molar-refractivity contribution in [3.8, 4) is 11.3 Å². The number of nitrogens with zero attached hydrogens (tertiary/aromatic N) is 2. The minimum Gasteiger partial charge on any atom is -0.375 e. The zero-order chi connectivity index (χ0) is 24.8. The van der Waals surface area contributed by atoms with Gasteiger partial charge in [-0.15, -0.1) is 0 Å². The van der Waals surface area contributed by atoms with E-state index >= 15 is 0 Å². The van der Waals surface area contributed by atoms with E-state index < -0.39 is 5.62 Å². The van der Waals surface area contributed by atoms with Crippen LogP contribution in [0.2, 0.25) is 0 Å². The summed E-state index contributed by atoms with van der Waals surface area (Å²) in [4.78, 5) is 7.43. The molecule has 2 heterocycles. The van der Waals surface area contributed by atoms with E-state index in [-0.39, 0.29) is 6.04 Å². The van der Waals surface area contributed by atoms with Crippen LogP contribution in [0.4, 0.5) is 5.69 Å². The fraction of sp³-hybridized carbons (Fsp3) is 0.433. The van der Waals surface area contributed by atoms with E-state index in [9.17, 15) is 5.11 Å². The number of aryl methyl sites for hydroxylation is 4. The molecule has 2 atom stereocenters. The fourth-order valence-corrected chi connectivity index (χ4v) is 5.87. The van der Waals surface area contributed by atoms with Crippen LogP contribution in [0.15, 0.2) is 42.5 Å². The van der Waals surface area contributed by atoms with Gasteiger partial charge in [0.1, 0.15) is 5.62 Å². The average molecular weight is 454 g/mol. The lowest BCUT2D eigenvalue weighted by atomic mass is 9.73. The van der Waals surface area contributed by atoms with Crippen molar-refractivity contribution in [3.05, 3.63) is 81.5 Å². The van der Waals surface area contributed by atoms with Gasteiger partial charge >= 0.3 is 0 Å². The summed E-state index contributed by atoms with van der Waals surface area (Å²) >= 11 is 0. The lowest BCUT2D eigenvalue weighted by Gasteiger charge is -2.49. The number of hydrogen-bond acceptors (Lipinski definition) is 3. The zero-order valence-electron chi connectivity index (χ0n) is 22.2. The minimum absolute atomic E-state index is 0.123. The molecule has 1 aliphatic rings. The highest BCUT2D eigenvalue weighted by Gasteiger charge is 2.43. The van der Waals surface area contributed by atoms with Gasteiger partial charge in [-0.05, 0) is 79.5 Å². The lowest BCUT2D eigenvalue weighted by Crippen LogP contribution is -2.56. The molecule has 1 aromatic heterocycles. The van der Waals surface area contributed by atoms with Crippen molar-refractivity contribution >= 4 is 13.5 Å². The Morgan fingerprint density at radius 2 is 1.71 bits per heavy atom. The predicted molar refractivity (Wildman–Crippen MR) is 147 cm³/mol. The summed E-state index contributed by atoms with van der Waals surface area (Å²) in [5.74, 6) is 0.439. The maximum atomic E-state index is 12.1. The van der Waals surface area contributed by atoms with Gasteiger partial charge in [0, 0.05) is 29.3 Å². The Bertz CT molecular complexity index is 1190. The third-order valence-electron chi connectivity index (χ3n) is 7.58. The van der Waals surface area contributed by atoms with Crippen LogP contribution in [-0.4, -0.2) is 24.0 Å². The molecule has 0 bridgehead atoms. The quantitative estimate of drug-likeness (QED) is 0.495. The van der Waals surface area contributed by atoms with Crippen LogP contribution in [0.3, 0.4) is 0 Å². The molecule has 2 aromatic carbocycles. The number of hydrogen-bond donors (Lipinski definition) is 1. The van der Waals surface area contributed by atoms with Crippen molar-refractivity contribution in [2.45, 2.75) is 85.3 Å². The summed E-state index contributed by atoms with van der Waals surface area (Å²) in [5.41, 5.74) is 10.5. The Balaban J connectivity index is 1.88. The van der Waals surface area contributed by atoms with Crippen molar-refractivity contribution in [1.29, 1.82) is 0 Å². The van der Waals surface area contributed by atoms with Crippen LogP contribution in [0.5, 0.6) is 0 Å². The van der Waals surface area contributed by atoms with Gasteiger partial charge in [0.25, 0.3) is 0 Å². The van der Waals surface area contributed by atoms with Gasteiger partial charge < -0.3 is 10.0 Å². The molecule has 3 aromatic rings. The highest BCUT2D eigenvalue weighted by Crippen LogP contribution is 2.42. The molecule has 0 radical (unpaired) electrons. The molecule has 0 fully saturated rings. The van der Waals surface area contributed by atoms with Gasteiger partial charge in [-0.3, -0.25) is 4.98 Å². The Kier molecular flexibility index (Phi) is 6.66. The van der Waals surface area contributed by atoms with Crippen molar-refractivity contribution in [2.75, 3.05) is 4.90 Å². The van der Waals surface area contributed by atoms with Crippen LogP contribution in [-0.2, 0) is 24.9 Å². The van der Waals surface area contributed by atoms with E-state index in [1.54, 1.807) is 0 Å². The molecule has 4 heteroatoms. The molecule has 178 valence electrons. The summed E-state index contributed by atoms with van der Waals surface area (Å²) in [7, 11) is 1.94. The average Bonchev–Trinajstić information content (AvgIpc) is 2.78. The number of fused-ring (bicyclic) bond motifs is 1. The maximum Gasteiger partial charge on any atom is 0.176 e. The molecule has 4 rings (SSSR count). The Hall–Kier alpha value is -2.59. The predicted octanol–water partition coefficient (Wildman–Crippen LogP) is 5.80. The van der Waals surface area contributed by atoms with Crippen molar-refractivity contribution in [1.82, 2.24) is 4.98 Å². The Labute approximate surface area is 206 Å². The monoisotopic (exact) mass is 454 g/mol. The molecule has 0 saturated carbocycles. The van der Waals surface area contributed by atoms with E-state index in [0.29, 0.717) is 5.92 Å². The van der Waals surface area contributed by atoms with E-state index in [4.69, 9.17) is 4.98 Å². The molecule has 3 nitrogen and oxygen atoms in total. The fourth-order valence-electron chi connectivity index (χ4n) is 5.87. The van der Waals surface area contributed by atoms with Gasteiger partial charge in [-0.2, -0.15) is 0 Å². The third-order valence-corrected chi connectivity index (χ3v) is 7.58. The first-order chi connectivity index (χ1) is 16.1. The van der Waals surface area contributed by atoms with Gasteiger partial charge in [0.05, 0.1) is 11.4 Å². The number of anilines is 1. The second-order valence-corrected chi connectivity index (χ2v) is 10.4. The molecule has 0 saturated heterocycles. The number of benzene rings is 2. The molecule has 2 unspecified atom stereocenters. The summed E-state index contributed by atoms with van der Waals surface area (Å²) in [6.45, 7) is 15.3. The van der Waals surface area contributed by atoms with Crippen LogP contribution in [0.25, 0.3) is 11.3 Å². The Morgan fingerprint density at radius 1 is 1.06 bits per heavy atom. The second kappa shape index (κ2) is 9.22. The number of rotatable bonds is 5. The van der Waals surface area contributed by atoms with Gasteiger partial charge in [-0.1, -0.05) is 58.0 Å². The third kappa shape index (κ3) is 4.07. The van der Waals surface area contributed by atoms with E-state index in [2.05, 4.69) is 95.8 Å². The molecule has 0 spiro atoms. The number of aliphatic hydroxyl groups is 1. The maximum absolute atomic E-state index is 12.1. The zero-order valence-corrected chi connectivity index (χ0v) is 22.2. The highest BCUT2D eigenvalue weighted by atomic mass is 16.3. The molecular weight excluding hydrogens is 415 g/mol. The van der Waals surface area contributed by atoms with Gasteiger partial charge in [0.15, 0.2) is 7.85 Å². The number of aromatic nitrogens is 1. The summed E-state index contributed by atoms with van der Waals surface area (Å²) in [6.07, 6.45) is 2.77. The molecular formula is C30H39BN2O.